The number of benzene rings is 1. The van der Waals surface area contributed by atoms with Crippen LogP contribution in [-0.4, -0.2) is 37.5 Å². The van der Waals surface area contributed by atoms with Crippen LogP contribution in [0, 0.1) is 0 Å². The van der Waals surface area contributed by atoms with Crippen LogP contribution in [0.15, 0.2) is 41.2 Å². The van der Waals surface area contributed by atoms with Crippen molar-refractivity contribution in [3.63, 3.8) is 0 Å². The highest BCUT2D eigenvalue weighted by Crippen LogP contribution is 2.40. The zero-order chi connectivity index (χ0) is 15.0. The van der Waals surface area contributed by atoms with Crippen molar-refractivity contribution in [1.29, 1.82) is 0 Å². The molecule has 0 saturated carbocycles. The highest BCUT2D eigenvalue weighted by molar-refractivity contribution is 5.83. The van der Waals surface area contributed by atoms with Crippen LogP contribution in [0.5, 0.6) is 0 Å². The molecule has 1 N–H and O–H groups in total. The van der Waals surface area contributed by atoms with Gasteiger partial charge in [0, 0.05) is 25.2 Å². The number of nitrogens with zero attached hydrogens (tertiary/aromatic N) is 3. The maximum atomic E-state index is 4.80. The third-order valence-electron chi connectivity index (χ3n) is 4.65. The van der Waals surface area contributed by atoms with Crippen LogP contribution < -0.4 is 10.2 Å². The Hall–Kier alpha value is -1.81. The molecule has 2 heterocycles. The molecule has 0 aliphatic carbocycles. The molecule has 0 radical (unpaired) electrons. The van der Waals surface area contributed by atoms with E-state index in [9.17, 15) is 0 Å². The van der Waals surface area contributed by atoms with Crippen molar-refractivity contribution < 1.29 is 0 Å². The van der Waals surface area contributed by atoms with Crippen molar-refractivity contribution >= 4 is 11.5 Å². The van der Waals surface area contributed by atoms with E-state index in [1.54, 1.807) is 0 Å². The first-order valence-corrected chi connectivity index (χ1v) is 7.69. The third kappa shape index (κ3) is 2.33. The lowest BCUT2D eigenvalue weighted by molar-refractivity contribution is 0.371. The van der Waals surface area contributed by atoms with Gasteiger partial charge < -0.3 is 9.80 Å². The lowest BCUT2D eigenvalue weighted by Crippen LogP contribution is -2.46. The van der Waals surface area contributed by atoms with Crippen LogP contribution in [-0.2, 0) is 0 Å². The van der Waals surface area contributed by atoms with Crippen molar-refractivity contribution in [3.05, 3.63) is 41.7 Å². The molecule has 2 aliphatic rings. The van der Waals surface area contributed by atoms with Crippen LogP contribution in [0.3, 0.4) is 0 Å². The average molecular weight is 284 g/mol. The number of likely N-dealkylation sites (N-methyl/N-ethyl adjacent to an activating group) is 2. The lowest BCUT2D eigenvalue weighted by Gasteiger charge is -2.33. The molecule has 2 unspecified atom stereocenters. The summed E-state index contributed by atoms with van der Waals surface area (Å²) < 4.78 is 0. The Labute approximate surface area is 127 Å². The van der Waals surface area contributed by atoms with E-state index < -0.39 is 0 Å². The maximum absolute atomic E-state index is 4.80. The van der Waals surface area contributed by atoms with Crippen molar-refractivity contribution in [2.75, 3.05) is 25.5 Å². The Morgan fingerprint density at radius 3 is 2.81 bits per heavy atom. The summed E-state index contributed by atoms with van der Waals surface area (Å²) in [7, 11) is 4.06. The quantitative estimate of drug-likeness (QED) is 0.926. The van der Waals surface area contributed by atoms with Gasteiger partial charge in [0.25, 0.3) is 0 Å². The highest BCUT2D eigenvalue weighted by atomic mass is 15.3. The second kappa shape index (κ2) is 5.53. The van der Waals surface area contributed by atoms with Gasteiger partial charge in [0.15, 0.2) is 0 Å². The second-order valence-corrected chi connectivity index (χ2v) is 5.80. The molecular formula is C17H24N4. The van der Waals surface area contributed by atoms with Gasteiger partial charge in [0.05, 0.1) is 0 Å². The number of para-hydroxylation sites is 1. The Bertz CT molecular complexity index is 590. The summed E-state index contributed by atoms with van der Waals surface area (Å²) in [4.78, 5) is 9.32. The van der Waals surface area contributed by atoms with Gasteiger partial charge in [0.1, 0.15) is 17.8 Å². The number of amidine groups is 1. The maximum Gasteiger partial charge on any atom is 0.134 e. The zero-order valence-corrected chi connectivity index (χ0v) is 13.3. The molecule has 1 aromatic rings. The Kier molecular flexibility index (Phi) is 3.72. The van der Waals surface area contributed by atoms with Crippen LogP contribution >= 0.6 is 0 Å². The van der Waals surface area contributed by atoms with Crippen molar-refractivity contribution in [2.45, 2.75) is 32.4 Å². The third-order valence-corrected chi connectivity index (χ3v) is 4.65. The van der Waals surface area contributed by atoms with Gasteiger partial charge in [-0.25, -0.2) is 4.99 Å². The van der Waals surface area contributed by atoms with Gasteiger partial charge >= 0.3 is 0 Å². The van der Waals surface area contributed by atoms with Gasteiger partial charge in [-0.05, 0) is 38.1 Å². The standard InChI is InChI=1S/C17H24N4/c1-5-13-11-21(15-9-7-6-8-14(13)15)17-10-16(18-3)20(4)12(2)19-17/h6-10,13,16,18H,5,11H2,1-4H3. The van der Waals surface area contributed by atoms with E-state index in [0.717, 1.165) is 18.2 Å². The number of aliphatic imine (C=N–C) groups is 1. The topological polar surface area (TPSA) is 30.9 Å². The summed E-state index contributed by atoms with van der Waals surface area (Å²) in [6.45, 7) is 5.36. The summed E-state index contributed by atoms with van der Waals surface area (Å²) in [5.41, 5.74) is 2.76. The second-order valence-electron chi connectivity index (χ2n) is 5.80. The fraction of sp³-hybridized carbons (Fsp3) is 0.471. The first-order chi connectivity index (χ1) is 10.2. The molecule has 1 aromatic carbocycles. The molecule has 0 bridgehead atoms. The molecule has 112 valence electrons. The van der Waals surface area contributed by atoms with Crippen LogP contribution in [0.1, 0.15) is 31.7 Å². The zero-order valence-electron chi connectivity index (χ0n) is 13.3. The van der Waals surface area contributed by atoms with Crippen LogP contribution in [0.2, 0.25) is 0 Å². The van der Waals surface area contributed by atoms with Gasteiger partial charge in [-0.2, -0.15) is 0 Å². The molecule has 0 amide bonds. The molecule has 0 spiro atoms. The number of rotatable bonds is 3. The normalized spacial score (nSPS) is 24.8. The number of hydrogen-bond acceptors (Lipinski definition) is 4. The van der Waals surface area contributed by atoms with Crippen molar-refractivity contribution in [2.24, 2.45) is 4.99 Å². The first-order valence-electron chi connectivity index (χ1n) is 7.69. The van der Waals surface area contributed by atoms with E-state index in [1.807, 2.05) is 7.05 Å². The number of hydrogen-bond donors (Lipinski definition) is 1. The van der Waals surface area contributed by atoms with E-state index in [-0.39, 0.29) is 6.17 Å². The van der Waals surface area contributed by atoms with Gasteiger partial charge in [0.2, 0.25) is 0 Å². The van der Waals surface area contributed by atoms with Crippen molar-refractivity contribution in [1.82, 2.24) is 10.2 Å². The monoisotopic (exact) mass is 284 g/mol. The Morgan fingerprint density at radius 1 is 1.33 bits per heavy atom. The van der Waals surface area contributed by atoms with E-state index in [4.69, 9.17) is 4.99 Å². The van der Waals surface area contributed by atoms with Gasteiger partial charge in [-0.3, -0.25) is 5.32 Å². The Morgan fingerprint density at radius 2 is 2.10 bits per heavy atom. The highest BCUT2D eigenvalue weighted by Gasteiger charge is 2.31. The summed E-state index contributed by atoms with van der Waals surface area (Å²) >= 11 is 0. The van der Waals surface area contributed by atoms with Crippen LogP contribution in [0.4, 0.5) is 5.69 Å². The molecule has 4 nitrogen and oxygen atoms in total. The predicted molar refractivity (Wildman–Crippen MR) is 88.6 cm³/mol. The van der Waals surface area contributed by atoms with Crippen molar-refractivity contribution in [3.8, 4) is 0 Å². The lowest BCUT2D eigenvalue weighted by atomic mass is 9.99. The molecule has 0 fully saturated rings. The number of nitrogens with one attached hydrogen (secondary N) is 1. The van der Waals surface area contributed by atoms with E-state index >= 15 is 0 Å². The van der Waals surface area contributed by atoms with E-state index in [1.165, 1.54) is 17.7 Å². The number of anilines is 1. The molecular weight excluding hydrogens is 260 g/mol. The minimum absolute atomic E-state index is 0.199. The smallest absolute Gasteiger partial charge is 0.134 e. The molecule has 21 heavy (non-hydrogen) atoms. The fourth-order valence-corrected chi connectivity index (χ4v) is 3.23. The average Bonchev–Trinajstić information content (AvgIpc) is 2.89. The molecule has 0 saturated heterocycles. The minimum Gasteiger partial charge on any atom is -0.344 e. The van der Waals surface area contributed by atoms with Gasteiger partial charge in [-0.15, -0.1) is 0 Å². The minimum atomic E-state index is 0.199. The SMILES string of the molecule is CCC1CN(C2=CC(NC)N(C)C(C)=N2)c2ccccc21. The van der Waals surface area contributed by atoms with Gasteiger partial charge in [-0.1, -0.05) is 25.1 Å². The molecule has 4 heteroatoms. The Balaban J connectivity index is 1.98. The summed E-state index contributed by atoms with van der Waals surface area (Å²) in [6, 6.07) is 8.72. The molecule has 2 aliphatic heterocycles. The van der Waals surface area contributed by atoms with Crippen LogP contribution in [0.25, 0.3) is 0 Å². The predicted octanol–water partition coefficient (Wildman–Crippen LogP) is 2.75. The van der Waals surface area contributed by atoms with E-state index in [2.05, 4.69) is 66.4 Å². The summed E-state index contributed by atoms with van der Waals surface area (Å²) in [5.74, 6) is 2.71. The molecule has 3 rings (SSSR count). The molecule has 2 atom stereocenters. The summed E-state index contributed by atoms with van der Waals surface area (Å²) in [5, 5.41) is 3.33. The van der Waals surface area contributed by atoms with E-state index in [0.29, 0.717) is 5.92 Å². The summed E-state index contributed by atoms with van der Waals surface area (Å²) in [6.07, 6.45) is 3.58. The molecule has 0 aromatic heterocycles. The largest absolute Gasteiger partial charge is 0.344 e. The number of fused-ring (bicyclic) bond motifs is 1. The first kappa shape index (κ1) is 14.1. The fourth-order valence-electron chi connectivity index (χ4n) is 3.23.